The highest BCUT2D eigenvalue weighted by atomic mass is 19.3. The second kappa shape index (κ2) is 9.36. The van der Waals surface area contributed by atoms with Gasteiger partial charge in [0.15, 0.2) is 11.5 Å². The van der Waals surface area contributed by atoms with Crippen molar-refractivity contribution in [1.29, 1.82) is 0 Å². The summed E-state index contributed by atoms with van der Waals surface area (Å²) in [6.45, 7) is -0.876. The monoisotopic (exact) mass is 400 g/mol. The smallest absolute Gasteiger partial charge is 0.387 e. The number of hydrogen-bond donors (Lipinski definition) is 1. The number of methoxy groups -OCH3 is 3. The maximum absolute atomic E-state index is 12.5. The zero-order valence-corrected chi connectivity index (χ0v) is 16.0. The van der Waals surface area contributed by atoms with Gasteiger partial charge in [-0.1, -0.05) is 6.07 Å². The van der Waals surface area contributed by atoms with E-state index in [4.69, 9.17) is 14.2 Å². The number of alkyl halides is 2. The molecule has 0 saturated carbocycles. The summed E-state index contributed by atoms with van der Waals surface area (Å²) in [7, 11) is 4.03. The lowest BCUT2D eigenvalue weighted by atomic mass is 9.94. The van der Waals surface area contributed by atoms with Gasteiger partial charge in [-0.25, -0.2) is 9.59 Å². The maximum Gasteiger partial charge on any atom is 0.387 e. The van der Waals surface area contributed by atoms with Gasteiger partial charge in [0.1, 0.15) is 0 Å². The van der Waals surface area contributed by atoms with Crippen molar-refractivity contribution < 1.29 is 37.3 Å². The van der Waals surface area contributed by atoms with Gasteiger partial charge in [0.25, 0.3) is 0 Å². The number of carbonyl (C=O) groups excluding carboxylic acids is 2. The van der Waals surface area contributed by atoms with Crippen LogP contribution in [0.1, 0.15) is 18.5 Å². The molecule has 0 aromatic heterocycles. The third-order valence-corrected chi connectivity index (χ3v) is 4.26. The van der Waals surface area contributed by atoms with Gasteiger partial charge in [-0.15, -0.1) is 0 Å². The van der Waals surface area contributed by atoms with Crippen LogP contribution in [0.5, 0.6) is 11.5 Å². The van der Waals surface area contributed by atoms with E-state index < -0.39 is 24.7 Å². The Morgan fingerprint density at radius 1 is 1.25 bits per heavy atom. The van der Waals surface area contributed by atoms with E-state index in [1.807, 2.05) is 0 Å². The zero-order chi connectivity index (χ0) is 20.8. The number of carbonyl (C=O) groups is 2. The highest BCUT2D eigenvalue weighted by molar-refractivity contribution is 5.95. The van der Waals surface area contributed by atoms with Crippen LogP contribution in [0, 0.1) is 0 Å². The minimum Gasteiger partial charge on any atom is -0.493 e. The summed E-state index contributed by atoms with van der Waals surface area (Å²) >= 11 is 0. The Kier molecular flexibility index (Phi) is 7.16. The van der Waals surface area contributed by atoms with Crippen LogP contribution in [0.25, 0.3) is 0 Å². The third-order valence-electron chi connectivity index (χ3n) is 4.26. The standard InChI is InChI=1S/C18H22F2N2O6/c1-10-14(16(23)27-4)15(21-18(24)22(10)7-8-25-2)11-5-6-12(28-17(19)20)13(9-11)26-3/h5-6,9,15,17H,7-8H2,1-4H3,(H,21,24). The molecule has 28 heavy (non-hydrogen) atoms. The molecule has 10 heteroatoms. The van der Waals surface area contributed by atoms with Crippen molar-refractivity contribution in [2.24, 2.45) is 0 Å². The van der Waals surface area contributed by atoms with E-state index in [1.165, 1.54) is 44.4 Å². The topological polar surface area (TPSA) is 86.3 Å². The van der Waals surface area contributed by atoms with Gasteiger partial charge in [-0.05, 0) is 24.6 Å². The van der Waals surface area contributed by atoms with Gasteiger partial charge in [-0.3, -0.25) is 4.90 Å². The molecule has 1 N–H and O–H groups in total. The number of halogens is 2. The first-order valence-electron chi connectivity index (χ1n) is 8.32. The summed E-state index contributed by atoms with van der Waals surface area (Å²) in [4.78, 5) is 26.3. The molecule has 0 saturated heterocycles. The number of benzene rings is 1. The first-order chi connectivity index (χ1) is 13.3. The fourth-order valence-corrected chi connectivity index (χ4v) is 2.91. The Hall–Kier alpha value is -2.88. The first-order valence-corrected chi connectivity index (χ1v) is 8.32. The second-order valence-corrected chi connectivity index (χ2v) is 5.81. The number of nitrogens with one attached hydrogen (secondary N) is 1. The molecular weight excluding hydrogens is 378 g/mol. The lowest BCUT2D eigenvalue weighted by Crippen LogP contribution is -2.48. The molecule has 0 spiro atoms. The third kappa shape index (κ3) is 4.50. The molecule has 1 aromatic carbocycles. The Bertz CT molecular complexity index is 768. The van der Waals surface area contributed by atoms with Gasteiger partial charge in [0.2, 0.25) is 0 Å². The number of ether oxygens (including phenoxy) is 4. The number of nitrogens with zero attached hydrogens (tertiary/aromatic N) is 1. The predicted octanol–water partition coefficient (Wildman–Crippen LogP) is 2.46. The molecule has 2 amide bonds. The molecule has 1 aromatic rings. The summed E-state index contributed by atoms with van der Waals surface area (Å²) in [5, 5.41) is 2.73. The van der Waals surface area contributed by atoms with Crippen molar-refractivity contribution in [2.45, 2.75) is 19.6 Å². The van der Waals surface area contributed by atoms with Crippen molar-refractivity contribution in [1.82, 2.24) is 10.2 Å². The molecule has 0 radical (unpaired) electrons. The van der Waals surface area contributed by atoms with Crippen LogP contribution in [0.4, 0.5) is 13.6 Å². The minimum absolute atomic E-state index is 0.0377. The van der Waals surface area contributed by atoms with Crippen LogP contribution in [0.2, 0.25) is 0 Å². The largest absolute Gasteiger partial charge is 0.493 e. The molecule has 0 fully saturated rings. The summed E-state index contributed by atoms with van der Waals surface area (Å²) in [6.07, 6.45) is 0. The molecule has 1 unspecified atom stereocenters. The summed E-state index contributed by atoms with van der Waals surface area (Å²) in [5.41, 5.74) is 1.06. The van der Waals surface area contributed by atoms with Gasteiger partial charge >= 0.3 is 18.6 Å². The van der Waals surface area contributed by atoms with Crippen molar-refractivity contribution in [2.75, 3.05) is 34.5 Å². The number of urea groups is 1. The average molecular weight is 400 g/mol. The second-order valence-electron chi connectivity index (χ2n) is 5.81. The van der Waals surface area contributed by atoms with Crippen molar-refractivity contribution in [3.63, 3.8) is 0 Å². The van der Waals surface area contributed by atoms with Gasteiger partial charge in [0, 0.05) is 12.8 Å². The summed E-state index contributed by atoms with van der Waals surface area (Å²) in [6, 6.07) is 2.89. The molecule has 0 aliphatic carbocycles. The molecule has 0 bridgehead atoms. The van der Waals surface area contributed by atoms with Gasteiger partial charge in [-0.2, -0.15) is 8.78 Å². The van der Waals surface area contributed by atoms with Crippen LogP contribution in [0.3, 0.4) is 0 Å². The fraction of sp³-hybridized carbons (Fsp3) is 0.444. The molecule has 1 heterocycles. The van der Waals surface area contributed by atoms with Crippen LogP contribution in [0.15, 0.2) is 29.5 Å². The quantitative estimate of drug-likeness (QED) is 0.675. The lowest BCUT2D eigenvalue weighted by molar-refractivity contribution is -0.136. The number of hydrogen-bond acceptors (Lipinski definition) is 6. The average Bonchev–Trinajstić information content (AvgIpc) is 2.66. The van der Waals surface area contributed by atoms with E-state index in [0.717, 1.165) is 0 Å². The highest BCUT2D eigenvalue weighted by Crippen LogP contribution is 2.36. The lowest BCUT2D eigenvalue weighted by Gasteiger charge is -2.35. The first kappa shape index (κ1) is 21.4. The molecule has 1 atom stereocenters. The number of rotatable bonds is 8. The van der Waals surface area contributed by atoms with Gasteiger partial charge < -0.3 is 24.3 Å². The number of allylic oxidation sites excluding steroid dienone is 1. The van der Waals surface area contributed by atoms with Crippen LogP contribution in [-0.2, 0) is 14.3 Å². The van der Waals surface area contributed by atoms with E-state index in [9.17, 15) is 18.4 Å². The molecule has 2 rings (SSSR count). The summed E-state index contributed by atoms with van der Waals surface area (Å²) in [5.74, 6) is -0.752. The molecule has 1 aliphatic rings. The Balaban J connectivity index is 2.49. The normalized spacial score (nSPS) is 16.9. The summed E-state index contributed by atoms with van der Waals surface area (Å²) < 4.78 is 44.4. The minimum atomic E-state index is -3.02. The Labute approximate surface area is 161 Å². The number of esters is 1. The van der Waals surface area contributed by atoms with E-state index in [2.05, 4.69) is 10.1 Å². The van der Waals surface area contributed by atoms with E-state index in [1.54, 1.807) is 6.92 Å². The van der Waals surface area contributed by atoms with Crippen molar-refractivity contribution in [3.8, 4) is 11.5 Å². The Morgan fingerprint density at radius 2 is 1.96 bits per heavy atom. The zero-order valence-electron chi connectivity index (χ0n) is 16.0. The molecule has 154 valence electrons. The Morgan fingerprint density at radius 3 is 2.54 bits per heavy atom. The van der Waals surface area contributed by atoms with Crippen LogP contribution >= 0.6 is 0 Å². The molecule has 8 nitrogen and oxygen atoms in total. The van der Waals surface area contributed by atoms with E-state index in [0.29, 0.717) is 11.3 Å². The highest BCUT2D eigenvalue weighted by Gasteiger charge is 2.36. The van der Waals surface area contributed by atoms with E-state index in [-0.39, 0.29) is 30.2 Å². The van der Waals surface area contributed by atoms with Crippen LogP contribution in [-0.4, -0.2) is 58.0 Å². The maximum atomic E-state index is 12.5. The predicted molar refractivity (Wildman–Crippen MR) is 94.2 cm³/mol. The van der Waals surface area contributed by atoms with Crippen LogP contribution < -0.4 is 14.8 Å². The molecule has 1 aliphatic heterocycles. The SMILES string of the molecule is COCCN1C(=O)NC(c2ccc(OC(F)F)c(OC)c2)C(C(=O)OC)=C1C. The van der Waals surface area contributed by atoms with E-state index >= 15 is 0 Å². The van der Waals surface area contributed by atoms with Crippen molar-refractivity contribution in [3.05, 3.63) is 35.0 Å². The number of amides is 2. The van der Waals surface area contributed by atoms with Crippen molar-refractivity contribution >= 4 is 12.0 Å². The molecular formula is C18H22F2N2O6. The fourth-order valence-electron chi connectivity index (χ4n) is 2.91. The van der Waals surface area contributed by atoms with Gasteiger partial charge in [0.05, 0.1) is 39.0 Å².